The molecule has 1 N–H and O–H groups in total. The van der Waals surface area contributed by atoms with Crippen LogP contribution in [0.2, 0.25) is 0 Å². The Labute approximate surface area is 108 Å². The van der Waals surface area contributed by atoms with Crippen LogP contribution < -0.4 is 5.32 Å². The third kappa shape index (κ3) is 3.23. The van der Waals surface area contributed by atoms with Crippen LogP contribution in [-0.4, -0.2) is 36.7 Å². The number of nitrogens with one attached hydrogen (secondary N) is 1. The SMILES string of the molecule is CCC1CN(C(=O)Nc2ccc(C)cc2)CCO1. The van der Waals surface area contributed by atoms with Gasteiger partial charge >= 0.3 is 6.03 Å². The molecule has 4 nitrogen and oxygen atoms in total. The predicted molar refractivity (Wildman–Crippen MR) is 71.8 cm³/mol. The molecular formula is C14H20N2O2. The van der Waals surface area contributed by atoms with E-state index in [0.717, 1.165) is 12.1 Å². The first-order chi connectivity index (χ1) is 8.69. The fraction of sp³-hybridized carbons (Fsp3) is 0.500. The topological polar surface area (TPSA) is 41.6 Å². The average molecular weight is 248 g/mol. The molecule has 1 aromatic rings. The first-order valence-corrected chi connectivity index (χ1v) is 6.43. The predicted octanol–water partition coefficient (Wildman–Crippen LogP) is 2.64. The van der Waals surface area contributed by atoms with E-state index >= 15 is 0 Å². The molecule has 1 aliphatic heterocycles. The van der Waals surface area contributed by atoms with E-state index in [1.54, 1.807) is 0 Å². The van der Waals surface area contributed by atoms with Crippen molar-refractivity contribution in [2.24, 2.45) is 0 Å². The Kier molecular flexibility index (Phi) is 4.20. The van der Waals surface area contributed by atoms with Crippen LogP contribution in [0.25, 0.3) is 0 Å². The number of urea groups is 1. The largest absolute Gasteiger partial charge is 0.375 e. The number of nitrogens with zero attached hydrogens (tertiary/aromatic N) is 1. The van der Waals surface area contributed by atoms with Gasteiger partial charge in [0.05, 0.1) is 12.7 Å². The van der Waals surface area contributed by atoms with Crippen molar-refractivity contribution < 1.29 is 9.53 Å². The molecule has 18 heavy (non-hydrogen) atoms. The lowest BCUT2D eigenvalue weighted by atomic mass is 10.2. The zero-order chi connectivity index (χ0) is 13.0. The van der Waals surface area contributed by atoms with E-state index in [2.05, 4.69) is 12.2 Å². The lowest BCUT2D eigenvalue weighted by Crippen LogP contribution is -2.47. The van der Waals surface area contributed by atoms with Crippen LogP contribution in [-0.2, 0) is 4.74 Å². The molecule has 0 saturated carbocycles. The van der Waals surface area contributed by atoms with Crippen LogP contribution in [0.3, 0.4) is 0 Å². The molecule has 1 aromatic carbocycles. The molecule has 4 heteroatoms. The van der Waals surface area contributed by atoms with Crippen LogP contribution >= 0.6 is 0 Å². The van der Waals surface area contributed by atoms with Crippen molar-refractivity contribution in [3.8, 4) is 0 Å². The molecule has 98 valence electrons. The number of carbonyl (C=O) groups excluding carboxylic acids is 1. The summed E-state index contributed by atoms with van der Waals surface area (Å²) in [7, 11) is 0. The zero-order valence-corrected chi connectivity index (χ0v) is 11.0. The maximum atomic E-state index is 12.1. The Hall–Kier alpha value is -1.55. The summed E-state index contributed by atoms with van der Waals surface area (Å²) >= 11 is 0. The van der Waals surface area contributed by atoms with Gasteiger partial charge in [0.2, 0.25) is 0 Å². The van der Waals surface area contributed by atoms with E-state index in [9.17, 15) is 4.79 Å². The molecular weight excluding hydrogens is 228 g/mol. The number of hydrogen-bond donors (Lipinski definition) is 1. The van der Waals surface area contributed by atoms with Crippen molar-refractivity contribution in [2.45, 2.75) is 26.4 Å². The third-order valence-corrected chi connectivity index (χ3v) is 3.18. The summed E-state index contributed by atoms with van der Waals surface area (Å²) in [4.78, 5) is 13.9. The number of rotatable bonds is 2. The van der Waals surface area contributed by atoms with E-state index in [-0.39, 0.29) is 12.1 Å². The van der Waals surface area contributed by atoms with Crippen molar-refractivity contribution in [2.75, 3.05) is 25.0 Å². The molecule has 2 amide bonds. The minimum absolute atomic E-state index is 0.0411. The van der Waals surface area contributed by atoms with Crippen LogP contribution in [0.15, 0.2) is 24.3 Å². The molecule has 2 rings (SSSR count). The highest BCUT2D eigenvalue weighted by atomic mass is 16.5. The van der Waals surface area contributed by atoms with Gasteiger partial charge in [0.15, 0.2) is 0 Å². The molecule has 0 aliphatic carbocycles. The monoisotopic (exact) mass is 248 g/mol. The average Bonchev–Trinajstić information content (AvgIpc) is 2.41. The smallest absolute Gasteiger partial charge is 0.322 e. The Morgan fingerprint density at radius 2 is 2.17 bits per heavy atom. The van der Waals surface area contributed by atoms with Gasteiger partial charge in [0.1, 0.15) is 0 Å². The normalized spacial score (nSPS) is 19.7. The van der Waals surface area contributed by atoms with E-state index < -0.39 is 0 Å². The first-order valence-electron chi connectivity index (χ1n) is 6.43. The lowest BCUT2D eigenvalue weighted by Gasteiger charge is -2.32. The fourth-order valence-corrected chi connectivity index (χ4v) is 1.99. The molecule has 0 spiro atoms. The highest BCUT2D eigenvalue weighted by Crippen LogP contribution is 2.12. The maximum Gasteiger partial charge on any atom is 0.322 e. The molecule has 1 atom stereocenters. The van der Waals surface area contributed by atoms with Crippen LogP contribution in [0.1, 0.15) is 18.9 Å². The molecule has 1 unspecified atom stereocenters. The fourth-order valence-electron chi connectivity index (χ4n) is 1.99. The number of benzene rings is 1. The number of aryl methyl sites for hydroxylation is 1. The van der Waals surface area contributed by atoms with Gasteiger partial charge in [-0.05, 0) is 25.5 Å². The number of ether oxygens (including phenoxy) is 1. The van der Waals surface area contributed by atoms with Gasteiger partial charge in [-0.3, -0.25) is 0 Å². The van der Waals surface area contributed by atoms with Gasteiger partial charge < -0.3 is 15.0 Å². The first kappa shape index (κ1) is 12.9. The van der Waals surface area contributed by atoms with Crippen molar-refractivity contribution in [1.82, 2.24) is 4.90 Å². The molecule has 1 saturated heterocycles. The summed E-state index contributed by atoms with van der Waals surface area (Å²) in [6, 6.07) is 7.78. The van der Waals surface area contributed by atoms with Crippen molar-refractivity contribution in [1.29, 1.82) is 0 Å². The Balaban J connectivity index is 1.93. The summed E-state index contributed by atoms with van der Waals surface area (Å²) in [6.45, 7) is 6.06. The van der Waals surface area contributed by atoms with Gasteiger partial charge in [-0.2, -0.15) is 0 Å². The number of amides is 2. The molecule has 1 fully saturated rings. The van der Waals surface area contributed by atoms with Crippen LogP contribution in [0.4, 0.5) is 10.5 Å². The molecule has 0 bridgehead atoms. The second-order valence-electron chi connectivity index (χ2n) is 4.64. The summed E-state index contributed by atoms with van der Waals surface area (Å²) in [5, 5.41) is 2.91. The van der Waals surface area contributed by atoms with E-state index in [4.69, 9.17) is 4.74 Å². The number of hydrogen-bond acceptors (Lipinski definition) is 2. The number of anilines is 1. The van der Waals surface area contributed by atoms with Gasteiger partial charge in [-0.15, -0.1) is 0 Å². The Morgan fingerprint density at radius 1 is 1.44 bits per heavy atom. The molecule has 0 radical (unpaired) electrons. The van der Waals surface area contributed by atoms with Crippen LogP contribution in [0.5, 0.6) is 0 Å². The van der Waals surface area contributed by atoms with Crippen molar-refractivity contribution in [3.05, 3.63) is 29.8 Å². The highest BCUT2D eigenvalue weighted by Gasteiger charge is 2.22. The summed E-state index contributed by atoms with van der Waals surface area (Å²) in [5.41, 5.74) is 2.02. The summed E-state index contributed by atoms with van der Waals surface area (Å²) in [5.74, 6) is 0. The van der Waals surface area contributed by atoms with E-state index in [1.165, 1.54) is 5.56 Å². The lowest BCUT2D eigenvalue weighted by molar-refractivity contribution is -0.0134. The zero-order valence-electron chi connectivity index (χ0n) is 11.0. The Bertz CT molecular complexity index is 403. The maximum absolute atomic E-state index is 12.1. The van der Waals surface area contributed by atoms with Gasteiger partial charge in [-0.25, -0.2) is 4.79 Å². The third-order valence-electron chi connectivity index (χ3n) is 3.18. The molecule has 0 aromatic heterocycles. The quantitative estimate of drug-likeness (QED) is 0.874. The van der Waals surface area contributed by atoms with Crippen molar-refractivity contribution in [3.63, 3.8) is 0 Å². The van der Waals surface area contributed by atoms with Gasteiger partial charge in [0, 0.05) is 18.8 Å². The minimum Gasteiger partial charge on any atom is -0.375 e. The molecule has 1 heterocycles. The second kappa shape index (κ2) is 5.87. The van der Waals surface area contributed by atoms with Crippen LogP contribution in [0, 0.1) is 6.92 Å². The summed E-state index contributed by atoms with van der Waals surface area (Å²) in [6.07, 6.45) is 1.11. The number of carbonyl (C=O) groups is 1. The van der Waals surface area contributed by atoms with Gasteiger partial charge in [-0.1, -0.05) is 24.6 Å². The van der Waals surface area contributed by atoms with E-state index in [1.807, 2.05) is 36.1 Å². The highest BCUT2D eigenvalue weighted by molar-refractivity contribution is 5.89. The standard InChI is InChI=1S/C14H20N2O2/c1-3-13-10-16(8-9-18-13)14(17)15-12-6-4-11(2)5-7-12/h4-7,13H,3,8-10H2,1-2H3,(H,15,17). The Morgan fingerprint density at radius 3 is 2.83 bits per heavy atom. The number of morpholine rings is 1. The minimum atomic E-state index is -0.0411. The van der Waals surface area contributed by atoms with E-state index in [0.29, 0.717) is 19.7 Å². The molecule has 1 aliphatic rings. The van der Waals surface area contributed by atoms with Crippen molar-refractivity contribution >= 4 is 11.7 Å². The second-order valence-corrected chi connectivity index (χ2v) is 4.64. The summed E-state index contributed by atoms with van der Waals surface area (Å²) < 4.78 is 5.55. The van der Waals surface area contributed by atoms with Gasteiger partial charge in [0.25, 0.3) is 0 Å².